The zero-order valence-corrected chi connectivity index (χ0v) is 9.99. The Balaban J connectivity index is -0.000000180. The summed E-state index contributed by atoms with van der Waals surface area (Å²) in [5.74, 6) is -4.88. The van der Waals surface area contributed by atoms with Crippen molar-refractivity contribution in [3.8, 4) is 0 Å². The summed E-state index contributed by atoms with van der Waals surface area (Å²) in [6.07, 6.45) is 0.0324. The average Bonchev–Trinajstić information content (AvgIpc) is 2.15. The van der Waals surface area contributed by atoms with Gasteiger partial charge in [-0.05, 0) is 0 Å². The Morgan fingerprint density at radius 1 is 0.800 bits per heavy atom. The van der Waals surface area contributed by atoms with Crippen molar-refractivity contribution in [2.75, 3.05) is 0 Å². The molecule has 0 atom stereocenters. The van der Waals surface area contributed by atoms with Crippen molar-refractivity contribution in [3.63, 3.8) is 0 Å². The van der Waals surface area contributed by atoms with Crippen LogP contribution in [0.3, 0.4) is 0 Å². The predicted octanol–water partition coefficient (Wildman–Crippen LogP) is -2.95. The number of ketones is 2. The molecule has 0 unspecified atom stereocenters. The Labute approximate surface area is 103 Å². The standard InChI is InChI=1S/2C4H6O3.Mg/c2*1-2-3(5)4(6)7;/h2*2H2,1H3,(H,6,7);/q;;+2/p-2. The first-order valence-corrected chi connectivity index (χ1v) is 3.85. The summed E-state index contributed by atoms with van der Waals surface area (Å²) >= 11 is 0. The number of hydrogen-bond acceptors (Lipinski definition) is 6. The van der Waals surface area contributed by atoms with E-state index in [2.05, 4.69) is 0 Å². The molecule has 0 fully saturated rings. The molecule has 0 amide bonds. The van der Waals surface area contributed by atoms with Gasteiger partial charge in [-0.3, -0.25) is 9.59 Å². The normalized spacial score (nSPS) is 7.60. The van der Waals surface area contributed by atoms with Crippen molar-refractivity contribution >= 4 is 46.6 Å². The monoisotopic (exact) mass is 226 g/mol. The molecule has 0 aromatic heterocycles. The van der Waals surface area contributed by atoms with Crippen LogP contribution in [-0.4, -0.2) is 46.6 Å². The Bertz CT molecular complexity index is 222. The molecule has 0 rings (SSSR count). The Morgan fingerprint density at radius 3 is 1.00 bits per heavy atom. The quantitative estimate of drug-likeness (QED) is 0.374. The van der Waals surface area contributed by atoms with Crippen LogP contribution in [0.1, 0.15) is 26.7 Å². The molecule has 6 nitrogen and oxygen atoms in total. The van der Waals surface area contributed by atoms with Crippen LogP contribution in [0.15, 0.2) is 0 Å². The molecule has 0 heterocycles. The molecule has 0 aromatic carbocycles. The van der Waals surface area contributed by atoms with Crippen molar-refractivity contribution in [3.05, 3.63) is 0 Å². The van der Waals surface area contributed by atoms with Gasteiger partial charge in [0.15, 0.2) is 11.6 Å². The zero-order valence-electron chi connectivity index (χ0n) is 8.57. The van der Waals surface area contributed by atoms with E-state index in [0.29, 0.717) is 0 Å². The second kappa shape index (κ2) is 11.1. The SMILES string of the molecule is CCC(=O)C(=O)[O-].CCC(=O)C(=O)[O-].[Mg+2]. The van der Waals surface area contributed by atoms with Crippen LogP contribution in [0.5, 0.6) is 0 Å². The van der Waals surface area contributed by atoms with Gasteiger partial charge >= 0.3 is 23.1 Å². The Hall–Kier alpha value is -0.954. The van der Waals surface area contributed by atoms with E-state index in [9.17, 15) is 29.4 Å². The third-order valence-corrected chi connectivity index (χ3v) is 1.10. The van der Waals surface area contributed by atoms with Gasteiger partial charge in [0.25, 0.3) is 0 Å². The second-order valence-corrected chi connectivity index (χ2v) is 2.13. The van der Waals surface area contributed by atoms with Gasteiger partial charge in [-0.2, -0.15) is 0 Å². The molecule has 0 radical (unpaired) electrons. The maximum absolute atomic E-state index is 9.85. The smallest absolute Gasteiger partial charge is 0.542 e. The zero-order chi connectivity index (χ0) is 11.7. The number of carboxylic acid groups (broad SMARTS) is 2. The fourth-order valence-electron chi connectivity index (χ4n) is 0.289. The number of hydrogen-bond donors (Lipinski definition) is 0. The maximum Gasteiger partial charge on any atom is 2.00 e. The molecule has 0 N–H and O–H groups in total. The van der Waals surface area contributed by atoms with Crippen LogP contribution in [0, 0.1) is 0 Å². The number of carboxylic acids is 2. The van der Waals surface area contributed by atoms with Crippen LogP contribution in [-0.2, 0) is 19.2 Å². The van der Waals surface area contributed by atoms with E-state index in [-0.39, 0.29) is 35.9 Å². The summed E-state index contributed by atoms with van der Waals surface area (Å²) in [4.78, 5) is 38.6. The van der Waals surface area contributed by atoms with E-state index in [1.165, 1.54) is 13.8 Å². The third-order valence-electron chi connectivity index (χ3n) is 1.10. The molecule has 0 spiro atoms. The minimum absolute atomic E-state index is 0. The average molecular weight is 226 g/mol. The first kappa shape index (κ1) is 19.6. The summed E-state index contributed by atoms with van der Waals surface area (Å²) < 4.78 is 0. The third kappa shape index (κ3) is 13.0. The first-order valence-electron chi connectivity index (χ1n) is 3.85. The molecular weight excluding hydrogens is 216 g/mol. The Kier molecular flexibility index (Phi) is 14.5. The van der Waals surface area contributed by atoms with E-state index in [0.717, 1.165) is 0 Å². The van der Waals surface area contributed by atoms with Crippen molar-refractivity contribution in [1.82, 2.24) is 0 Å². The summed E-state index contributed by atoms with van der Waals surface area (Å²) in [6, 6.07) is 0. The van der Waals surface area contributed by atoms with Crippen LogP contribution >= 0.6 is 0 Å². The molecule has 0 aliphatic heterocycles. The summed E-state index contributed by atoms with van der Waals surface area (Å²) in [5.41, 5.74) is 0. The molecule has 0 aliphatic carbocycles. The molecule has 0 saturated heterocycles. The molecule has 15 heavy (non-hydrogen) atoms. The number of aliphatic carboxylic acids is 2. The molecule has 0 aliphatic rings. The van der Waals surface area contributed by atoms with Crippen LogP contribution in [0.25, 0.3) is 0 Å². The maximum atomic E-state index is 9.85. The van der Waals surface area contributed by atoms with Gasteiger partial charge in [0, 0.05) is 12.8 Å². The van der Waals surface area contributed by atoms with E-state index < -0.39 is 23.5 Å². The van der Waals surface area contributed by atoms with Gasteiger partial charge in [0.05, 0.1) is 0 Å². The molecule has 80 valence electrons. The summed E-state index contributed by atoms with van der Waals surface area (Å²) in [5, 5.41) is 18.9. The second-order valence-electron chi connectivity index (χ2n) is 2.13. The largest absolute Gasteiger partial charge is 2.00 e. The predicted molar refractivity (Wildman–Crippen MR) is 46.4 cm³/mol. The van der Waals surface area contributed by atoms with Crippen molar-refractivity contribution < 1.29 is 29.4 Å². The van der Waals surface area contributed by atoms with Crippen LogP contribution in [0.2, 0.25) is 0 Å². The van der Waals surface area contributed by atoms with Gasteiger partial charge in [-0.15, -0.1) is 0 Å². The van der Waals surface area contributed by atoms with Gasteiger partial charge in [-0.25, -0.2) is 0 Å². The fourth-order valence-corrected chi connectivity index (χ4v) is 0.289. The fraction of sp³-hybridized carbons (Fsp3) is 0.500. The number of Topliss-reactive ketones (excluding diaryl/α,β-unsaturated/α-hetero) is 2. The van der Waals surface area contributed by atoms with Crippen molar-refractivity contribution in [2.24, 2.45) is 0 Å². The van der Waals surface area contributed by atoms with Gasteiger partial charge < -0.3 is 19.8 Å². The molecule has 0 aromatic rings. The van der Waals surface area contributed by atoms with Gasteiger partial charge in [0.2, 0.25) is 0 Å². The number of carbonyl (C=O) groups excluding carboxylic acids is 4. The first-order chi connectivity index (χ1) is 6.36. The summed E-state index contributed by atoms with van der Waals surface area (Å²) in [6.45, 7) is 2.94. The van der Waals surface area contributed by atoms with Gasteiger partial charge in [-0.1, -0.05) is 13.8 Å². The van der Waals surface area contributed by atoms with E-state index in [4.69, 9.17) is 0 Å². The minimum atomic E-state index is -1.59. The van der Waals surface area contributed by atoms with E-state index >= 15 is 0 Å². The summed E-state index contributed by atoms with van der Waals surface area (Å²) in [7, 11) is 0. The van der Waals surface area contributed by atoms with Crippen molar-refractivity contribution in [1.29, 1.82) is 0 Å². The molecular formula is C8H10MgO6. The van der Waals surface area contributed by atoms with E-state index in [1.54, 1.807) is 0 Å². The topological polar surface area (TPSA) is 114 Å². The van der Waals surface area contributed by atoms with Crippen molar-refractivity contribution in [2.45, 2.75) is 26.7 Å². The molecule has 0 bridgehead atoms. The number of carbonyl (C=O) groups is 4. The van der Waals surface area contributed by atoms with E-state index in [1.807, 2.05) is 0 Å². The van der Waals surface area contributed by atoms with Crippen LogP contribution in [0.4, 0.5) is 0 Å². The van der Waals surface area contributed by atoms with Gasteiger partial charge in [0.1, 0.15) is 11.9 Å². The molecule has 0 saturated carbocycles. The number of rotatable bonds is 4. The minimum Gasteiger partial charge on any atom is -0.542 e. The Morgan fingerprint density at radius 2 is 1.00 bits per heavy atom. The molecule has 7 heteroatoms. The van der Waals surface area contributed by atoms with Crippen LogP contribution < -0.4 is 10.2 Å².